The number of nitrogens with zero attached hydrogens (tertiary/aromatic N) is 3. The predicted octanol–water partition coefficient (Wildman–Crippen LogP) is 2.32. The summed E-state index contributed by atoms with van der Waals surface area (Å²) >= 11 is 1.49. The summed E-state index contributed by atoms with van der Waals surface area (Å²) in [6, 6.07) is 7.16. The lowest BCUT2D eigenvalue weighted by atomic mass is 10.1. The standard InChI is InChI=1S/C18H15N5O2S/c24-16(11-13-3-1-6-19-12-13)23-18(15-4-2-9-25-15)21-7-5-14(22-18)17-20-8-10-26-17/h1-10,12,22H,11H2,(H,23,24). The molecule has 130 valence electrons. The number of aliphatic imine (C=N–C) groups is 1. The van der Waals surface area contributed by atoms with E-state index < -0.39 is 5.79 Å². The molecule has 3 aromatic heterocycles. The van der Waals surface area contributed by atoms with E-state index in [2.05, 4.69) is 25.6 Å². The largest absolute Gasteiger partial charge is 0.463 e. The minimum absolute atomic E-state index is 0.184. The van der Waals surface area contributed by atoms with Crippen LogP contribution in [-0.4, -0.2) is 22.1 Å². The van der Waals surface area contributed by atoms with E-state index in [1.807, 2.05) is 17.5 Å². The molecule has 0 fully saturated rings. The third-order valence-corrected chi connectivity index (χ3v) is 4.58. The van der Waals surface area contributed by atoms with Gasteiger partial charge < -0.3 is 15.1 Å². The number of nitrogens with one attached hydrogen (secondary N) is 2. The van der Waals surface area contributed by atoms with Crippen molar-refractivity contribution in [2.45, 2.75) is 12.2 Å². The molecule has 1 aliphatic heterocycles. The number of amides is 1. The number of rotatable bonds is 5. The Morgan fingerprint density at radius 3 is 3.00 bits per heavy atom. The first-order chi connectivity index (χ1) is 12.8. The summed E-state index contributed by atoms with van der Waals surface area (Å²) in [6.45, 7) is 0. The van der Waals surface area contributed by atoms with Crippen molar-refractivity contribution in [1.29, 1.82) is 0 Å². The zero-order valence-corrected chi connectivity index (χ0v) is 14.4. The maximum atomic E-state index is 12.6. The Morgan fingerprint density at radius 1 is 1.31 bits per heavy atom. The molecule has 0 saturated heterocycles. The number of carbonyl (C=O) groups excluding carboxylic acids is 1. The SMILES string of the molecule is O=C(Cc1cccnc1)NC1(c2ccco2)N=CC=C(c2nccs2)N1. The van der Waals surface area contributed by atoms with Crippen LogP contribution >= 0.6 is 11.3 Å². The van der Waals surface area contributed by atoms with Crippen molar-refractivity contribution in [3.8, 4) is 0 Å². The van der Waals surface area contributed by atoms with E-state index in [4.69, 9.17) is 4.42 Å². The third kappa shape index (κ3) is 3.27. The Hall–Kier alpha value is -3.26. The second-order valence-corrected chi connectivity index (χ2v) is 6.49. The fraction of sp³-hybridized carbons (Fsp3) is 0.111. The summed E-state index contributed by atoms with van der Waals surface area (Å²) < 4.78 is 5.55. The molecule has 1 unspecified atom stereocenters. The van der Waals surface area contributed by atoms with Gasteiger partial charge in [0.25, 0.3) is 5.79 Å². The molecular formula is C18H15N5O2S. The maximum absolute atomic E-state index is 12.6. The molecule has 7 nitrogen and oxygen atoms in total. The van der Waals surface area contributed by atoms with Gasteiger partial charge in [0.1, 0.15) is 5.01 Å². The Balaban J connectivity index is 1.60. The second kappa shape index (κ2) is 6.93. The summed E-state index contributed by atoms with van der Waals surface area (Å²) in [7, 11) is 0. The van der Waals surface area contributed by atoms with E-state index in [1.54, 1.807) is 49.3 Å². The molecule has 0 radical (unpaired) electrons. The van der Waals surface area contributed by atoms with Crippen LogP contribution in [0.15, 0.2) is 70.0 Å². The number of thiazole rings is 1. The third-order valence-electron chi connectivity index (χ3n) is 3.77. The van der Waals surface area contributed by atoms with Gasteiger partial charge in [-0.1, -0.05) is 6.07 Å². The Kier molecular flexibility index (Phi) is 4.32. The van der Waals surface area contributed by atoms with Gasteiger partial charge in [-0.05, 0) is 29.8 Å². The van der Waals surface area contributed by atoms with Gasteiger partial charge in [-0.3, -0.25) is 9.78 Å². The average molecular weight is 365 g/mol. The molecule has 1 atom stereocenters. The van der Waals surface area contributed by atoms with Crippen molar-refractivity contribution < 1.29 is 9.21 Å². The molecule has 2 N–H and O–H groups in total. The molecule has 1 amide bonds. The summed E-state index contributed by atoms with van der Waals surface area (Å²) in [4.78, 5) is 25.5. The monoisotopic (exact) mass is 365 g/mol. The van der Waals surface area contributed by atoms with Crippen LogP contribution in [0.25, 0.3) is 5.70 Å². The van der Waals surface area contributed by atoms with E-state index in [0.29, 0.717) is 5.76 Å². The van der Waals surface area contributed by atoms with E-state index in [-0.39, 0.29) is 12.3 Å². The van der Waals surface area contributed by atoms with Crippen LogP contribution in [0.2, 0.25) is 0 Å². The van der Waals surface area contributed by atoms with Crippen molar-refractivity contribution >= 4 is 29.2 Å². The highest BCUT2D eigenvalue weighted by atomic mass is 32.1. The smallest absolute Gasteiger partial charge is 0.268 e. The second-order valence-electron chi connectivity index (χ2n) is 5.59. The van der Waals surface area contributed by atoms with E-state index in [9.17, 15) is 4.79 Å². The number of carbonyl (C=O) groups is 1. The summed E-state index contributed by atoms with van der Waals surface area (Å²) in [5.41, 5.74) is 1.57. The fourth-order valence-corrected chi connectivity index (χ4v) is 3.26. The molecule has 0 aliphatic carbocycles. The minimum Gasteiger partial charge on any atom is -0.463 e. The van der Waals surface area contributed by atoms with Gasteiger partial charge in [0.2, 0.25) is 5.91 Å². The molecular weight excluding hydrogens is 350 g/mol. The van der Waals surface area contributed by atoms with Crippen molar-refractivity contribution in [3.05, 3.63) is 76.9 Å². The number of allylic oxidation sites excluding steroid dienone is 1. The summed E-state index contributed by atoms with van der Waals surface area (Å²) in [5.74, 6) is -0.951. The quantitative estimate of drug-likeness (QED) is 0.724. The van der Waals surface area contributed by atoms with Crippen LogP contribution in [0.1, 0.15) is 16.3 Å². The van der Waals surface area contributed by atoms with Crippen molar-refractivity contribution in [3.63, 3.8) is 0 Å². The predicted molar refractivity (Wildman–Crippen MR) is 98.2 cm³/mol. The Bertz CT molecular complexity index is 935. The highest BCUT2D eigenvalue weighted by molar-refractivity contribution is 7.10. The molecule has 0 spiro atoms. The van der Waals surface area contributed by atoms with Gasteiger partial charge >= 0.3 is 0 Å². The lowest BCUT2D eigenvalue weighted by molar-refractivity contribution is -0.123. The van der Waals surface area contributed by atoms with Crippen LogP contribution in [-0.2, 0) is 17.0 Å². The molecule has 1 aliphatic rings. The Labute approximate surface area is 153 Å². The molecule has 3 aromatic rings. The van der Waals surface area contributed by atoms with Crippen molar-refractivity contribution in [1.82, 2.24) is 20.6 Å². The zero-order chi connectivity index (χ0) is 17.8. The molecule has 26 heavy (non-hydrogen) atoms. The zero-order valence-electron chi connectivity index (χ0n) is 13.6. The van der Waals surface area contributed by atoms with Gasteiger partial charge in [-0.15, -0.1) is 11.3 Å². The molecule has 4 heterocycles. The van der Waals surface area contributed by atoms with Gasteiger partial charge in [0, 0.05) is 30.2 Å². The van der Waals surface area contributed by atoms with Crippen LogP contribution in [0.5, 0.6) is 0 Å². The van der Waals surface area contributed by atoms with Gasteiger partial charge in [-0.2, -0.15) is 0 Å². The molecule has 0 saturated carbocycles. The maximum Gasteiger partial charge on any atom is 0.268 e. The van der Waals surface area contributed by atoms with E-state index >= 15 is 0 Å². The lowest BCUT2D eigenvalue weighted by Crippen LogP contribution is -2.55. The fourth-order valence-electron chi connectivity index (χ4n) is 2.64. The van der Waals surface area contributed by atoms with Gasteiger partial charge in [0.15, 0.2) is 5.76 Å². The van der Waals surface area contributed by atoms with E-state index in [0.717, 1.165) is 16.3 Å². The highest BCUT2D eigenvalue weighted by Gasteiger charge is 2.38. The minimum atomic E-state index is -1.22. The van der Waals surface area contributed by atoms with Crippen molar-refractivity contribution in [2.24, 2.45) is 4.99 Å². The number of aromatic nitrogens is 2. The average Bonchev–Trinajstić information content (AvgIpc) is 3.37. The normalized spacial score (nSPS) is 18.8. The molecule has 0 bridgehead atoms. The molecule has 4 rings (SSSR count). The van der Waals surface area contributed by atoms with Crippen LogP contribution < -0.4 is 10.6 Å². The highest BCUT2D eigenvalue weighted by Crippen LogP contribution is 2.28. The first-order valence-electron chi connectivity index (χ1n) is 7.93. The number of furan rings is 1. The number of pyridine rings is 1. The number of hydrogen-bond donors (Lipinski definition) is 2. The Morgan fingerprint density at radius 2 is 2.27 bits per heavy atom. The van der Waals surface area contributed by atoms with Gasteiger partial charge in [-0.25, -0.2) is 9.98 Å². The first-order valence-corrected chi connectivity index (χ1v) is 8.81. The number of hydrogen-bond acceptors (Lipinski definition) is 7. The van der Waals surface area contributed by atoms with Crippen molar-refractivity contribution in [2.75, 3.05) is 0 Å². The lowest BCUT2D eigenvalue weighted by Gasteiger charge is -2.33. The van der Waals surface area contributed by atoms with Crippen LogP contribution in [0.3, 0.4) is 0 Å². The summed E-state index contributed by atoms with van der Waals surface area (Å²) in [6.07, 6.45) is 10.2. The summed E-state index contributed by atoms with van der Waals surface area (Å²) in [5, 5.41) is 8.89. The van der Waals surface area contributed by atoms with Crippen LogP contribution in [0, 0.1) is 0 Å². The van der Waals surface area contributed by atoms with Crippen LogP contribution in [0.4, 0.5) is 0 Å². The first kappa shape index (κ1) is 16.2. The molecule has 8 heteroatoms. The van der Waals surface area contributed by atoms with E-state index in [1.165, 1.54) is 11.3 Å². The molecule has 0 aromatic carbocycles. The van der Waals surface area contributed by atoms with Gasteiger partial charge in [0.05, 0.1) is 18.4 Å². The topological polar surface area (TPSA) is 92.4 Å².